The number of benzene rings is 1. The molecule has 0 unspecified atom stereocenters. The molecule has 0 spiro atoms. The van der Waals surface area contributed by atoms with E-state index in [1.54, 1.807) is 0 Å². The molecule has 1 fully saturated rings. The van der Waals surface area contributed by atoms with Crippen molar-refractivity contribution in [2.24, 2.45) is 0 Å². The summed E-state index contributed by atoms with van der Waals surface area (Å²) < 4.78 is 2.00. The maximum absolute atomic E-state index is 6.19. The number of hydrogen-bond donors (Lipinski definition) is 0. The SMILES string of the molecule is CC(C)On1c(C2CCCCC2)nc2cnc3ccccc3c21. The zero-order valence-corrected chi connectivity index (χ0v) is 13.8. The lowest BCUT2D eigenvalue weighted by molar-refractivity contribution is 0.0586. The highest BCUT2D eigenvalue weighted by molar-refractivity contribution is 6.02. The molecule has 0 N–H and O–H groups in total. The lowest BCUT2D eigenvalue weighted by Gasteiger charge is -2.23. The van der Waals surface area contributed by atoms with Crippen molar-refractivity contribution in [3.63, 3.8) is 0 Å². The molecule has 0 radical (unpaired) electrons. The summed E-state index contributed by atoms with van der Waals surface area (Å²) in [5.74, 6) is 1.57. The van der Waals surface area contributed by atoms with E-state index in [2.05, 4.69) is 31.0 Å². The summed E-state index contributed by atoms with van der Waals surface area (Å²) in [5.41, 5.74) is 2.98. The Morgan fingerprint density at radius 2 is 1.87 bits per heavy atom. The quantitative estimate of drug-likeness (QED) is 0.716. The Bertz CT molecular complexity index is 831. The molecule has 4 heteroatoms. The fourth-order valence-electron chi connectivity index (χ4n) is 3.63. The molecule has 3 aromatic rings. The second kappa shape index (κ2) is 5.84. The van der Waals surface area contributed by atoms with Gasteiger partial charge in [-0.25, -0.2) is 4.98 Å². The van der Waals surface area contributed by atoms with Crippen LogP contribution in [-0.4, -0.2) is 20.8 Å². The first-order valence-corrected chi connectivity index (χ1v) is 8.67. The van der Waals surface area contributed by atoms with Crippen molar-refractivity contribution < 1.29 is 4.84 Å². The third-order valence-electron chi connectivity index (χ3n) is 4.66. The Morgan fingerprint density at radius 3 is 2.65 bits per heavy atom. The fraction of sp³-hybridized carbons (Fsp3) is 0.474. The van der Waals surface area contributed by atoms with Crippen LogP contribution in [-0.2, 0) is 0 Å². The van der Waals surface area contributed by atoms with Gasteiger partial charge >= 0.3 is 0 Å². The normalized spacial score (nSPS) is 16.5. The predicted molar refractivity (Wildman–Crippen MR) is 92.6 cm³/mol. The molecule has 0 bridgehead atoms. The molecule has 1 aliphatic rings. The van der Waals surface area contributed by atoms with Crippen molar-refractivity contribution in [1.82, 2.24) is 14.7 Å². The molecule has 0 saturated heterocycles. The summed E-state index contributed by atoms with van der Waals surface area (Å²) >= 11 is 0. The van der Waals surface area contributed by atoms with Crippen LogP contribution in [0.3, 0.4) is 0 Å². The van der Waals surface area contributed by atoms with Gasteiger partial charge in [-0.3, -0.25) is 4.98 Å². The molecule has 2 aromatic heterocycles. The van der Waals surface area contributed by atoms with Crippen LogP contribution in [0.2, 0.25) is 0 Å². The lowest BCUT2D eigenvalue weighted by atomic mass is 9.89. The van der Waals surface area contributed by atoms with E-state index in [1.165, 1.54) is 32.1 Å². The maximum Gasteiger partial charge on any atom is 0.149 e. The second-order valence-electron chi connectivity index (χ2n) is 6.76. The molecule has 1 aromatic carbocycles. The van der Waals surface area contributed by atoms with Crippen LogP contribution in [0.5, 0.6) is 0 Å². The van der Waals surface area contributed by atoms with Crippen LogP contribution in [0.4, 0.5) is 0 Å². The van der Waals surface area contributed by atoms with Crippen molar-refractivity contribution in [2.45, 2.75) is 58.0 Å². The third-order valence-corrected chi connectivity index (χ3v) is 4.66. The maximum atomic E-state index is 6.19. The van der Waals surface area contributed by atoms with Crippen molar-refractivity contribution in [3.8, 4) is 0 Å². The molecule has 4 nitrogen and oxygen atoms in total. The first-order valence-electron chi connectivity index (χ1n) is 8.67. The molecule has 2 heterocycles. The first-order chi connectivity index (χ1) is 11.2. The Kier molecular flexibility index (Phi) is 3.68. The van der Waals surface area contributed by atoms with Crippen molar-refractivity contribution in [1.29, 1.82) is 0 Å². The number of para-hydroxylation sites is 1. The Morgan fingerprint density at radius 1 is 1.09 bits per heavy atom. The molecule has 1 aliphatic carbocycles. The molecular weight excluding hydrogens is 286 g/mol. The number of nitrogens with zero attached hydrogens (tertiary/aromatic N) is 3. The van der Waals surface area contributed by atoms with Crippen LogP contribution in [0, 0.1) is 0 Å². The van der Waals surface area contributed by atoms with E-state index >= 15 is 0 Å². The predicted octanol–water partition coefficient (Wildman–Crippen LogP) is 4.47. The van der Waals surface area contributed by atoms with Gasteiger partial charge in [-0.15, -0.1) is 0 Å². The molecule has 120 valence electrons. The number of fused-ring (bicyclic) bond motifs is 3. The van der Waals surface area contributed by atoms with E-state index in [-0.39, 0.29) is 6.10 Å². The summed E-state index contributed by atoms with van der Waals surface area (Å²) in [5, 5.41) is 1.11. The molecule has 23 heavy (non-hydrogen) atoms. The zero-order chi connectivity index (χ0) is 15.8. The van der Waals surface area contributed by atoms with Gasteiger partial charge in [0.1, 0.15) is 23.0 Å². The first kappa shape index (κ1) is 14.5. The largest absolute Gasteiger partial charge is 0.409 e. The van der Waals surface area contributed by atoms with Gasteiger partial charge in [0.05, 0.1) is 11.7 Å². The Hall–Kier alpha value is -2.10. The van der Waals surface area contributed by atoms with E-state index in [1.807, 2.05) is 23.1 Å². The summed E-state index contributed by atoms with van der Waals surface area (Å²) in [6, 6.07) is 8.22. The van der Waals surface area contributed by atoms with Gasteiger partial charge in [0.15, 0.2) is 0 Å². The van der Waals surface area contributed by atoms with Crippen LogP contribution in [0.15, 0.2) is 30.5 Å². The fourth-order valence-corrected chi connectivity index (χ4v) is 3.63. The van der Waals surface area contributed by atoms with Crippen molar-refractivity contribution in [3.05, 3.63) is 36.3 Å². The highest BCUT2D eigenvalue weighted by Gasteiger charge is 2.25. The average Bonchev–Trinajstić information content (AvgIpc) is 2.94. The summed E-state index contributed by atoms with van der Waals surface area (Å²) in [6.45, 7) is 4.14. The minimum Gasteiger partial charge on any atom is -0.409 e. The van der Waals surface area contributed by atoms with Crippen LogP contribution in [0.25, 0.3) is 21.9 Å². The van der Waals surface area contributed by atoms with E-state index in [0.29, 0.717) is 5.92 Å². The van der Waals surface area contributed by atoms with Gasteiger partial charge in [-0.2, -0.15) is 4.73 Å². The van der Waals surface area contributed by atoms with Crippen LogP contribution < -0.4 is 4.84 Å². The van der Waals surface area contributed by atoms with Gasteiger partial charge in [-0.1, -0.05) is 37.5 Å². The van der Waals surface area contributed by atoms with E-state index in [4.69, 9.17) is 9.82 Å². The number of imidazole rings is 1. The minimum atomic E-state index is 0.113. The van der Waals surface area contributed by atoms with E-state index < -0.39 is 0 Å². The van der Waals surface area contributed by atoms with Gasteiger partial charge < -0.3 is 4.84 Å². The lowest BCUT2D eigenvalue weighted by Crippen LogP contribution is -2.23. The van der Waals surface area contributed by atoms with E-state index in [9.17, 15) is 0 Å². The molecule has 0 amide bonds. The topological polar surface area (TPSA) is 39.9 Å². The summed E-state index contributed by atoms with van der Waals surface area (Å²) in [7, 11) is 0. The molecular formula is C19H23N3O. The van der Waals surface area contributed by atoms with Crippen LogP contribution in [0.1, 0.15) is 57.7 Å². The van der Waals surface area contributed by atoms with Gasteiger partial charge in [0.2, 0.25) is 0 Å². The van der Waals surface area contributed by atoms with Gasteiger partial charge in [0.25, 0.3) is 0 Å². The average molecular weight is 309 g/mol. The van der Waals surface area contributed by atoms with E-state index in [0.717, 1.165) is 27.8 Å². The molecule has 1 saturated carbocycles. The van der Waals surface area contributed by atoms with Crippen molar-refractivity contribution >= 4 is 21.9 Å². The summed E-state index contributed by atoms with van der Waals surface area (Å²) in [6.07, 6.45) is 8.31. The number of pyridine rings is 1. The molecule has 0 aliphatic heterocycles. The molecule has 0 atom stereocenters. The molecule has 4 rings (SSSR count). The smallest absolute Gasteiger partial charge is 0.149 e. The standard InChI is InChI=1S/C19H23N3O/c1-13(2)23-22-18-15-10-6-7-11-16(15)20-12-17(18)21-19(22)14-8-4-3-5-9-14/h6-7,10-14H,3-5,8-9H2,1-2H3. The second-order valence-corrected chi connectivity index (χ2v) is 6.76. The number of hydrogen-bond acceptors (Lipinski definition) is 3. The number of rotatable bonds is 3. The highest BCUT2D eigenvalue weighted by Crippen LogP contribution is 2.35. The van der Waals surface area contributed by atoms with Crippen molar-refractivity contribution in [2.75, 3.05) is 0 Å². The monoisotopic (exact) mass is 309 g/mol. The Balaban J connectivity index is 1.96. The third kappa shape index (κ3) is 2.56. The van der Waals surface area contributed by atoms with Gasteiger partial charge in [0, 0.05) is 11.3 Å². The van der Waals surface area contributed by atoms with Crippen LogP contribution >= 0.6 is 0 Å². The van der Waals surface area contributed by atoms with Gasteiger partial charge in [-0.05, 0) is 32.8 Å². The zero-order valence-electron chi connectivity index (χ0n) is 13.8. The minimum absolute atomic E-state index is 0.113. The summed E-state index contributed by atoms with van der Waals surface area (Å²) in [4.78, 5) is 15.7. The Labute approximate surface area is 136 Å². The number of aromatic nitrogens is 3. The highest BCUT2D eigenvalue weighted by atomic mass is 16.7.